The average Bonchev–Trinajstić information content (AvgIpc) is 3.48. The van der Waals surface area contributed by atoms with E-state index >= 15 is 0 Å². The van der Waals surface area contributed by atoms with Crippen molar-refractivity contribution in [3.63, 3.8) is 0 Å². The van der Waals surface area contributed by atoms with Crippen LogP contribution in [0.15, 0.2) is 36.8 Å². The molecule has 4 rings (SSSR count). The Bertz CT molecular complexity index is 1150. The van der Waals surface area contributed by atoms with Crippen LogP contribution < -0.4 is 5.32 Å². The maximum absolute atomic E-state index is 14.5. The van der Waals surface area contributed by atoms with Gasteiger partial charge in [-0.1, -0.05) is 6.07 Å². The fourth-order valence-electron chi connectivity index (χ4n) is 3.02. The highest BCUT2D eigenvalue weighted by Gasteiger charge is 2.24. The number of carbonyl (C=O) groups excluding carboxylic acids is 1. The molecule has 0 saturated heterocycles. The van der Waals surface area contributed by atoms with Crippen LogP contribution in [0, 0.1) is 28.9 Å². The highest BCUT2D eigenvalue weighted by atomic mass is 19.1. The van der Waals surface area contributed by atoms with Crippen LogP contribution in [0.3, 0.4) is 0 Å². The van der Waals surface area contributed by atoms with Gasteiger partial charge in [0.05, 0.1) is 41.7 Å². The highest BCUT2D eigenvalue weighted by molar-refractivity contribution is 5.97. The first-order valence-electron chi connectivity index (χ1n) is 9.51. The fourth-order valence-corrected chi connectivity index (χ4v) is 3.02. The lowest BCUT2D eigenvalue weighted by Crippen LogP contribution is -2.07. The number of anilines is 2. The smallest absolute Gasteiger partial charge is 0.228 e. The largest absolute Gasteiger partial charge is 0.321 e. The van der Waals surface area contributed by atoms with Gasteiger partial charge < -0.3 is 5.32 Å². The van der Waals surface area contributed by atoms with Gasteiger partial charge in [-0.2, -0.15) is 10.4 Å². The Morgan fingerprint density at radius 2 is 2.13 bits per heavy atom. The first-order valence-corrected chi connectivity index (χ1v) is 9.51. The van der Waals surface area contributed by atoms with Crippen LogP contribution in [-0.4, -0.2) is 25.5 Å². The summed E-state index contributed by atoms with van der Waals surface area (Å²) in [5, 5.41) is 16.0. The molecule has 1 fully saturated rings. The normalized spacial score (nSPS) is 14.2. The van der Waals surface area contributed by atoms with Crippen molar-refractivity contribution in [2.75, 3.05) is 5.32 Å². The number of nitrogens with zero attached hydrogens (tertiary/aromatic N) is 5. The summed E-state index contributed by atoms with van der Waals surface area (Å²) in [7, 11) is 0. The summed E-state index contributed by atoms with van der Waals surface area (Å²) in [6.07, 6.45) is 6.56. The molecule has 0 bridgehead atoms. The third kappa shape index (κ3) is 4.17. The van der Waals surface area contributed by atoms with Crippen LogP contribution in [-0.2, 0) is 0 Å². The lowest BCUT2D eigenvalue weighted by Gasteiger charge is -2.09. The van der Waals surface area contributed by atoms with Crippen molar-refractivity contribution in [3.8, 4) is 17.3 Å². The molecule has 152 valence electrons. The first-order chi connectivity index (χ1) is 14.4. The Balaban J connectivity index is 1.57. The predicted octanol–water partition coefficient (Wildman–Crippen LogP) is 4.43. The molecule has 1 aliphatic carbocycles. The number of benzene rings is 1. The molecule has 1 aromatic carbocycles. The van der Waals surface area contributed by atoms with E-state index in [1.54, 1.807) is 13.1 Å². The van der Waals surface area contributed by atoms with Crippen LogP contribution in [0.4, 0.5) is 20.4 Å². The van der Waals surface area contributed by atoms with Gasteiger partial charge in [-0.15, -0.1) is 0 Å². The topological polar surface area (TPSA) is 96.5 Å². The molecule has 9 heteroatoms. The zero-order valence-electron chi connectivity index (χ0n) is 16.1. The zero-order chi connectivity index (χ0) is 21.3. The van der Waals surface area contributed by atoms with Crippen molar-refractivity contribution < 1.29 is 13.6 Å². The van der Waals surface area contributed by atoms with E-state index in [9.17, 15) is 13.6 Å². The molecule has 7 nitrogen and oxygen atoms in total. The zero-order valence-corrected chi connectivity index (χ0v) is 16.1. The summed E-state index contributed by atoms with van der Waals surface area (Å²) in [6.45, 7) is 1.59. The average molecular weight is 408 g/mol. The van der Waals surface area contributed by atoms with Gasteiger partial charge in [0, 0.05) is 18.2 Å². The monoisotopic (exact) mass is 408 g/mol. The van der Waals surface area contributed by atoms with Gasteiger partial charge in [0.1, 0.15) is 11.5 Å². The molecule has 1 N–H and O–H groups in total. The molecule has 1 aliphatic rings. The number of carbonyl (C=O) groups is 1. The molecule has 0 unspecified atom stereocenters. The third-order valence-electron chi connectivity index (χ3n) is 4.78. The van der Waals surface area contributed by atoms with E-state index in [0.717, 1.165) is 25.1 Å². The van der Waals surface area contributed by atoms with Gasteiger partial charge in [0.2, 0.25) is 5.95 Å². The number of nitrogens with one attached hydrogen (secondary N) is 1. The maximum Gasteiger partial charge on any atom is 0.228 e. The molecule has 0 amide bonds. The quantitative estimate of drug-likeness (QED) is 0.581. The van der Waals surface area contributed by atoms with E-state index in [1.165, 1.54) is 12.1 Å². The Labute approximate surface area is 171 Å². The Morgan fingerprint density at radius 3 is 2.83 bits per heavy atom. The van der Waals surface area contributed by atoms with E-state index < -0.39 is 23.3 Å². The molecule has 0 spiro atoms. The van der Waals surface area contributed by atoms with Crippen molar-refractivity contribution in [1.29, 1.82) is 5.26 Å². The number of halogens is 2. The number of ketones is 1. The first kappa shape index (κ1) is 19.6. The van der Waals surface area contributed by atoms with Gasteiger partial charge in [0.15, 0.2) is 11.6 Å². The lowest BCUT2D eigenvalue weighted by molar-refractivity contribution is 0.0969. The molecular formula is C21H18F2N6O. The van der Waals surface area contributed by atoms with E-state index in [1.807, 2.05) is 16.9 Å². The van der Waals surface area contributed by atoms with Crippen LogP contribution in [0.2, 0.25) is 0 Å². The van der Waals surface area contributed by atoms with E-state index in [0.29, 0.717) is 11.7 Å². The predicted molar refractivity (Wildman–Crippen MR) is 105 cm³/mol. The molecule has 1 atom stereocenters. The second-order valence-corrected chi connectivity index (χ2v) is 7.31. The number of rotatable bonds is 7. The second kappa shape index (κ2) is 7.99. The van der Waals surface area contributed by atoms with Gasteiger partial charge in [0.25, 0.3) is 0 Å². The Hall–Kier alpha value is -3.67. The van der Waals surface area contributed by atoms with Crippen molar-refractivity contribution in [3.05, 3.63) is 54.0 Å². The number of hydrogen-bond acceptors (Lipinski definition) is 6. The SMILES string of the molecule is C[C@@H](C#N)CC(=O)c1ccc(-c2nc(Nc3cnn(C4CC4)c3)ncc2F)cc1F. The Kier molecular flexibility index (Phi) is 5.23. The van der Waals surface area contributed by atoms with Crippen LogP contribution >= 0.6 is 0 Å². The van der Waals surface area contributed by atoms with Crippen LogP contribution in [0.25, 0.3) is 11.3 Å². The fraction of sp³-hybridized carbons (Fsp3) is 0.286. The van der Waals surface area contributed by atoms with Crippen LogP contribution in [0.1, 0.15) is 42.6 Å². The lowest BCUT2D eigenvalue weighted by atomic mass is 9.98. The standard InChI is InChI=1S/C21H18F2N6O/c1-12(8-24)6-19(30)16-5-2-13(7-17(16)22)20-18(23)10-25-21(28-20)27-14-9-26-29(11-14)15-3-4-15/h2,5,7,9-12,15H,3-4,6H2,1H3,(H,25,27,28)/t12-/m1/s1. The van der Waals surface area contributed by atoms with Crippen molar-refractivity contribution >= 4 is 17.4 Å². The van der Waals surface area contributed by atoms with Gasteiger partial charge in [-0.25, -0.2) is 18.7 Å². The molecule has 0 aliphatic heterocycles. The summed E-state index contributed by atoms with van der Waals surface area (Å²) < 4.78 is 30.7. The summed E-state index contributed by atoms with van der Waals surface area (Å²) in [5.41, 5.74) is 0.610. The third-order valence-corrected chi connectivity index (χ3v) is 4.78. The molecule has 2 aromatic heterocycles. The molecule has 2 heterocycles. The number of hydrogen-bond donors (Lipinski definition) is 1. The summed E-state index contributed by atoms with van der Waals surface area (Å²) >= 11 is 0. The van der Waals surface area contributed by atoms with Gasteiger partial charge in [-0.05, 0) is 31.9 Å². The molecule has 30 heavy (non-hydrogen) atoms. The number of Topliss-reactive ketones (excluding diaryl/α,β-unsaturated/α-hetero) is 1. The molecule has 0 radical (unpaired) electrons. The number of nitriles is 1. The van der Waals surface area contributed by atoms with Crippen molar-refractivity contribution in [2.24, 2.45) is 5.92 Å². The Morgan fingerprint density at radius 1 is 1.33 bits per heavy atom. The minimum absolute atomic E-state index is 0.0861. The van der Waals surface area contributed by atoms with Gasteiger partial charge in [-0.3, -0.25) is 9.48 Å². The van der Waals surface area contributed by atoms with E-state index in [-0.39, 0.29) is 29.2 Å². The maximum atomic E-state index is 14.5. The van der Waals surface area contributed by atoms with E-state index in [2.05, 4.69) is 20.4 Å². The van der Waals surface area contributed by atoms with Crippen LogP contribution in [0.5, 0.6) is 0 Å². The molecule has 1 saturated carbocycles. The number of aromatic nitrogens is 4. The van der Waals surface area contributed by atoms with E-state index in [4.69, 9.17) is 5.26 Å². The van der Waals surface area contributed by atoms with Crippen molar-refractivity contribution in [1.82, 2.24) is 19.7 Å². The van der Waals surface area contributed by atoms with Crippen molar-refractivity contribution in [2.45, 2.75) is 32.2 Å². The summed E-state index contributed by atoms with van der Waals surface area (Å²) in [4.78, 5) is 20.2. The second-order valence-electron chi connectivity index (χ2n) is 7.31. The van der Waals surface area contributed by atoms with Gasteiger partial charge >= 0.3 is 0 Å². The summed E-state index contributed by atoms with van der Waals surface area (Å²) in [5.74, 6) is -2.36. The molecular weight excluding hydrogens is 390 g/mol. The summed E-state index contributed by atoms with van der Waals surface area (Å²) in [6, 6.07) is 6.13. The highest BCUT2D eigenvalue weighted by Crippen LogP contribution is 2.34. The molecule has 3 aromatic rings. The minimum atomic E-state index is -0.791. The minimum Gasteiger partial charge on any atom is -0.321 e.